The summed E-state index contributed by atoms with van der Waals surface area (Å²) in [4.78, 5) is 38.2. The minimum Gasteiger partial charge on any atom is -0.550 e. The fourth-order valence-electron chi connectivity index (χ4n) is 4.50. The van der Waals surface area contributed by atoms with Gasteiger partial charge in [0.2, 0.25) is 5.91 Å². The number of hydrogen-bond donors (Lipinski definition) is 1. The summed E-state index contributed by atoms with van der Waals surface area (Å²) >= 11 is 1.18. The Morgan fingerprint density at radius 1 is 1.19 bits per heavy atom. The Bertz CT molecular complexity index is 1030. The van der Waals surface area contributed by atoms with E-state index in [1.54, 1.807) is 26.0 Å². The minimum atomic E-state index is -1.31. The molecule has 1 amide bonds. The molecule has 2 aromatic rings. The molecular weight excluding hydrogens is 425 g/mol. The van der Waals surface area contributed by atoms with E-state index in [2.05, 4.69) is 5.32 Å². The molecule has 0 saturated carbocycles. The van der Waals surface area contributed by atoms with Gasteiger partial charge in [0.05, 0.1) is 24.7 Å². The number of carbonyl (C=O) groups excluding carboxylic acids is 3. The van der Waals surface area contributed by atoms with Crippen LogP contribution in [-0.4, -0.2) is 36.7 Å². The predicted molar refractivity (Wildman–Crippen MR) is 109 cm³/mol. The van der Waals surface area contributed by atoms with Gasteiger partial charge in [-0.25, -0.2) is 9.18 Å². The second-order valence-corrected chi connectivity index (χ2v) is 8.84. The number of aryl methyl sites for hydroxylation is 1. The van der Waals surface area contributed by atoms with E-state index in [1.807, 2.05) is 0 Å². The van der Waals surface area contributed by atoms with Gasteiger partial charge in [0.25, 0.3) is 0 Å². The number of amides is 1. The molecule has 2 aliphatic rings. The standard InChI is InChI=1S/C22H22FNO6S/c1-3-29-22(28)18-15(11-4-6-12(23)7-5-11)10(2)31-20(18)24-19(25)16-13-8-9-14(30-13)17(16)21(26)27/h4-7,13-14,16-17H,3,8-9H2,1-2H3,(H,24,25)(H,26,27)/p-1/t13-,14+,16-,17+/m1/s1. The van der Waals surface area contributed by atoms with Crippen LogP contribution in [0.5, 0.6) is 0 Å². The number of halogens is 1. The van der Waals surface area contributed by atoms with Crippen molar-refractivity contribution in [2.45, 2.75) is 38.9 Å². The Hall–Kier alpha value is -2.78. The summed E-state index contributed by atoms with van der Waals surface area (Å²) in [7, 11) is 0. The van der Waals surface area contributed by atoms with Crippen molar-refractivity contribution in [1.82, 2.24) is 0 Å². The molecule has 3 heterocycles. The van der Waals surface area contributed by atoms with Crippen LogP contribution in [0.25, 0.3) is 11.1 Å². The monoisotopic (exact) mass is 446 g/mol. The highest BCUT2D eigenvalue weighted by atomic mass is 32.1. The summed E-state index contributed by atoms with van der Waals surface area (Å²) in [6.45, 7) is 3.59. The van der Waals surface area contributed by atoms with Crippen molar-refractivity contribution in [2.75, 3.05) is 11.9 Å². The maximum atomic E-state index is 13.4. The van der Waals surface area contributed by atoms with Crippen LogP contribution in [0.4, 0.5) is 9.39 Å². The molecule has 0 spiro atoms. The van der Waals surface area contributed by atoms with Crippen LogP contribution < -0.4 is 10.4 Å². The van der Waals surface area contributed by atoms with Crippen LogP contribution in [0, 0.1) is 24.6 Å². The molecule has 2 bridgehead atoms. The van der Waals surface area contributed by atoms with Crippen LogP contribution in [0.2, 0.25) is 0 Å². The SMILES string of the molecule is CCOC(=O)c1c(NC(=O)[C@H]2[C@@H](C(=O)[O-])[C@@H]3CC[C@H]2O3)sc(C)c1-c1ccc(F)cc1. The van der Waals surface area contributed by atoms with E-state index in [1.165, 1.54) is 23.5 Å². The molecule has 1 aromatic carbocycles. The van der Waals surface area contributed by atoms with E-state index in [9.17, 15) is 23.9 Å². The number of fused-ring (bicyclic) bond motifs is 2. The average molecular weight is 446 g/mol. The molecule has 9 heteroatoms. The molecule has 2 fully saturated rings. The minimum absolute atomic E-state index is 0.136. The maximum absolute atomic E-state index is 13.4. The molecule has 2 aliphatic heterocycles. The number of nitrogens with one attached hydrogen (secondary N) is 1. The number of hydrogen-bond acceptors (Lipinski definition) is 7. The normalized spacial score (nSPS) is 24.2. The highest BCUT2D eigenvalue weighted by Crippen LogP contribution is 2.45. The largest absolute Gasteiger partial charge is 0.550 e. The molecule has 4 atom stereocenters. The number of anilines is 1. The molecule has 0 aliphatic carbocycles. The molecule has 164 valence electrons. The molecule has 0 unspecified atom stereocenters. The third-order valence-electron chi connectivity index (χ3n) is 5.78. The van der Waals surface area contributed by atoms with Gasteiger partial charge >= 0.3 is 5.97 Å². The smallest absolute Gasteiger partial charge is 0.341 e. The summed E-state index contributed by atoms with van der Waals surface area (Å²) in [5.74, 6) is -4.79. The maximum Gasteiger partial charge on any atom is 0.341 e. The molecule has 0 radical (unpaired) electrons. The first-order valence-corrected chi connectivity index (χ1v) is 10.9. The van der Waals surface area contributed by atoms with Gasteiger partial charge in [0.15, 0.2) is 0 Å². The van der Waals surface area contributed by atoms with Crippen molar-refractivity contribution in [3.05, 3.63) is 40.5 Å². The number of thiophene rings is 1. The highest BCUT2D eigenvalue weighted by Gasteiger charge is 2.53. The van der Waals surface area contributed by atoms with Crippen LogP contribution in [0.15, 0.2) is 24.3 Å². The van der Waals surface area contributed by atoms with Gasteiger partial charge in [-0.15, -0.1) is 11.3 Å². The first-order valence-electron chi connectivity index (χ1n) is 10.1. The zero-order chi connectivity index (χ0) is 22.3. The number of rotatable bonds is 6. The van der Waals surface area contributed by atoms with Gasteiger partial charge in [-0.1, -0.05) is 12.1 Å². The Kier molecular flexibility index (Phi) is 5.81. The molecule has 4 rings (SSSR count). The molecule has 31 heavy (non-hydrogen) atoms. The first kappa shape index (κ1) is 21.5. The summed E-state index contributed by atoms with van der Waals surface area (Å²) < 4.78 is 24.2. The van der Waals surface area contributed by atoms with Gasteiger partial charge in [0.1, 0.15) is 16.4 Å². The lowest BCUT2D eigenvalue weighted by Crippen LogP contribution is -2.46. The van der Waals surface area contributed by atoms with Gasteiger partial charge in [-0.3, -0.25) is 4.79 Å². The highest BCUT2D eigenvalue weighted by molar-refractivity contribution is 7.17. The van der Waals surface area contributed by atoms with Crippen molar-refractivity contribution in [2.24, 2.45) is 11.8 Å². The Balaban J connectivity index is 1.70. The number of benzene rings is 1. The van der Waals surface area contributed by atoms with E-state index < -0.39 is 47.7 Å². The lowest BCUT2D eigenvalue weighted by molar-refractivity contribution is -0.313. The molecule has 7 nitrogen and oxygen atoms in total. The van der Waals surface area contributed by atoms with Crippen molar-refractivity contribution in [3.63, 3.8) is 0 Å². The van der Waals surface area contributed by atoms with Crippen molar-refractivity contribution in [1.29, 1.82) is 0 Å². The second-order valence-electron chi connectivity index (χ2n) is 7.61. The average Bonchev–Trinajstić information content (AvgIpc) is 3.41. The second kappa shape index (κ2) is 8.39. The van der Waals surface area contributed by atoms with Crippen LogP contribution in [-0.2, 0) is 19.1 Å². The lowest BCUT2D eigenvalue weighted by atomic mass is 9.78. The van der Waals surface area contributed by atoms with Gasteiger partial charge in [-0.05, 0) is 44.4 Å². The van der Waals surface area contributed by atoms with Crippen LogP contribution >= 0.6 is 11.3 Å². The van der Waals surface area contributed by atoms with E-state index in [0.717, 1.165) is 4.88 Å². The fraction of sp³-hybridized carbons (Fsp3) is 0.409. The van der Waals surface area contributed by atoms with Gasteiger partial charge < -0.3 is 24.7 Å². The van der Waals surface area contributed by atoms with Crippen molar-refractivity contribution >= 4 is 34.2 Å². The Morgan fingerprint density at radius 3 is 2.45 bits per heavy atom. The fourth-order valence-corrected chi connectivity index (χ4v) is 5.57. The first-order chi connectivity index (χ1) is 14.8. The molecule has 1 N–H and O–H groups in total. The third kappa shape index (κ3) is 3.83. The predicted octanol–water partition coefficient (Wildman–Crippen LogP) is 2.52. The van der Waals surface area contributed by atoms with E-state index in [0.29, 0.717) is 24.0 Å². The van der Waals surface area contributed by atoms with Gasteiger partial charge in [-0.2, -0.15) is 0 Å². The van der Waals surface area contributed by atoms with Crippen LogP contribution in [0.3, 0.4) is 0 Å². The lowest BCUT2D eigenvalue weighted by Gasteiger charge is -2.27. The zero-order valence-corrected chi connectivity index (χ0v) is 17.8. The van der Waals surface area contributed by atoms with E-state index in [-0.39, 0.29) is 17.2 Å². The van der Waals surface area contributed by atoms with E-state index >= 15 is 0 Å². The molecular formula is C22H21FNO6S-. The summed E-state index contributed by atoms with van der Waals surface area (Å²) in [5.41, 5.74) is 1.31. The van der Waals surface area contributed by atoms with Crippen molar-refractivity contribution in [3.8, 4) is 11.1 Å². The summed E-state index contributed by atoms with van der Waals surface area (Å²) in [5, 5.41) is 14.6. The topological polar surface area (TPSA) is 105 Å². The molecule has 2 saturated heterocycles. The third-order valence-corrected chi connectivity index (χ3v) is 6.80. The van der Waals surface area contributed by atoms with E-state index in [4.69, 9.17) is 9.47 Å². The number of carbonyl (C=O) groups is 3. The Labute approximate surface area is 182 Å². The summed E-state index contributed by atoms with van der Waals surface area (Å²) in [6.07, 6.45) is 0.155. The van der Waals surface area contributed by atoms with Crippen LogP contribution in [0.1, 0.15) is 35.0 Å². The zero-order valence-electron chi connectivity index (χ0n) is 17.0. The summed E-state index contributed by atoms with van der Waals surface area (Å²) in [6, 6.07) is 5.68. The van der Waals surface area contributed by atoms with Gasteiger partial charge in [0, 0.05) is 22.3 Å². The number of aliphatic carboxylic acids is 1. The Morgan fingerprint density at radius 2 is 1.84 bits per heavy atom. The molecule has 1 aromatic heterocycles. The number of carboxylic acids is 1. The number of esters is 1. The number of ether oxygens (including phenoxy) is 2. The van der Waals surface area contributed by atoms with Crippen molar-refractivity contribution < 1.29 is 33.4 Å². The number of carboxylic acid groups (broad SMARTS) is 1. The quantitative estimate of drug-likeness (QED) is 0.684.